The maximum atomic E-state index is 10.1. The minimum absolute atomic E-state index is 0.102. The molecule has 0 amide bonds. The predicted octanol–water partition coefficient (Wildman–Crippen LogP) is 0.858. The molecule has 0 fully saturated rings. The average Bonchev–Trinajstić information content (AvgIpc) is 2.48. The number of hydrogen-bond donors (Lipinski definition) is 3. The number of hydrogen-bond acceptors (Lipinski definition) is 5. The zero-order chi connectivity index (χ0) is 14.5. The molecule has 2 rings (SSSR count). The van der Waals surface area contributed by atoms with E-state index < -0.39 is 0 Å². The van der Waals surface area contributed by atoms with Gasteiger partial charge in [0.15, 0.2) is 11.9 Å². The Labute approximate surface area is 117 Å². The van der Waals surface area contributed by atoms with E-state index in [1.807, 2.05) is 12.1 Å². The van der Waals surface area contributed by atoms with Gasteiger partial charge in [-0.3, -0.25) is 5.43 Å². The first-order valence-electron chi connectivity index (χ1n) is 6.15. The van der Waals surface area contributed by atoms with Gasteiger partial charge >= 0.3 is 0 Å². The van der Waals surface area contributed by atoms with E-state index in [0.717, 1.165) is 0 Å². The molecule has 6 heteroatoms. The maximum absolute atomic E-state index is 10.1. The van der Waals surface area contributed by atoms with Crippen molar-refractivity contribution in [1.29, 1.82) is 0 Å². The van der Waals surface area contributed by atoms with Gasteiger partial charge in [-0.25, -0.2) is 9.55 Å². The monoisotopic (exact) mass is 273 g/mol. The predicted molar refractivity (Wildman–Crippen MR) is 75.4 cm³/mol. The highest BCUT2D eigenvalue weighted by Crippen LogP contribution is 2.20. The molecule has 0 atom stereocenters. The van der Waals surface area contributed by atoms with E-state index in [-0.39, 0.29) is 12.4 Å². The molecule has 0 aliphatic rings. The second-order valence-corrected chi connectivity index (χ2v) is 4.36. The average molecular weight is 273 g/mol. The van der Waals surface area contributed by atoms with Gasteiger partial charge in [0.1, 0.15) is 12.9 Å². The standard InChI is InChI=1S/C14H16N4O2/c1-10-14(20)12(11(9-19)8-18(10)2)7-16-17-13-5-3-4-6-15-13/h3-8,19-20H,9H2,1-2H3/p+1. The highest BCUT2D eigenvalue weighted by atomic mass is 16.3. The molecule has 0 saturated heterocycles. The highest BCUT2D eigenvalue weighted by Gasteiger charge is 2.17. The lowest BCUT2D eigenvalue weighted by molar-refractivity contribution is -0.678. The number of aromatic nitrogens is 2. The van der Waals surface area contributed by atoms with Crippen LogP contribution in [0.4, 0.5) is 5.82 Å². The lowest BCUT2D eigenvalue weighted by atomic mass is 10.1. The third-order valence-electron chi connectivity index (χ3n) is 3.03. The maximum Gasteiger partial charge on any atom is 0.220 e. The number of aliphatic hydroxyl groups is 1. The summed E-state index contributed by atoms with van der Waals surface area (Å²) in [6, 6.07) is 5.43. The Morgan fingerprint density at radius 1 is 1.45 bits per heavy atom. The van der Waals surface area contributed by atoms with Gasteiger partial charge in [-0.15, -0.1) is 0 Å². The number of aliphatic hydroxyl groups excluding tert-OH is 1. The summed E-state index contributed by atoms with van der Waals surface area (Å²) in [5, 5.41) is 23.5. The summed E-state index contributed by atoms with van der Waals surface area (Å²) in [4.78, 5) is 4.07. The van der Waals surface area contributed by atoms with Crippen LogP contribution in [0.3, 0.4) is 0 Å². The number of aromatic hydroxyl groups is 1. The Morgan fingerprint density at radius 3 is 2.90 bits per heavy atom. The van der Waals surface area contributed by atoms with E-state index in [1.165, 1.54) is 6.21 Å². The second kappa shape index (κ2) is 6.12. The van der Waals surface area contributed by atoms with Crippen molar-refractivity contribution in [3.63, 3.8) is 0 Å². The van der Waals surface area contributed by atoms with Crippen molar-refractivity contribution >= 4 is 12.0 Å². The molecular formula is C14H17N4O2+. The van der Waals surface area contributed by atoms with Crippen LogP contribution in [-0.2, 0) is 13.7 Å². The summed E-state index contributed by atoms with van der Waals surface area (Å²) in [5.41, 5.74) is 4.55. The van der Waals surface area contributed by atoms with Crippen molar-refractivity contribution in [1.82, 2.24) is 4.98 Å². The third kappa shape index (κ3) is 2.92. The van der Waals surface area contributed by atoms with Gasteiger partial charge in [0, 0.05) is 13.1 Å². The molecule has 0 aliphatic carbocycles. The van der Waals surface area contributed by atoms with Crippen LogP contribution in [0.25, 0.3) is 0 Å². The van der Waals surface area contributed by atoms with Gasteiger partial charge in [0.25, 0.3) is 0 Å². The highest BCUT2D eigenvalue weighted by molar-refractivity contribution is 5.85. The Kier molecular flexibility index (Phi) is 4.27. The van der Waals surface area contributed by atoms with Crippen molar-refractivity contribution in [3.8, 4) is 5.75 Å². The number of anilines is 1. The molecule has 104 valence electrons. The number of rotatable bonds is 4. The summed E-state index contributed by atoms with van der Waals surface area (Å²) >= 11 is 0. The summed E-state index contributed by atoms with van der Waals surface area (Å²) in [6.45, 7) is 1.62. The normalized spacial score (nSPS) is 10.9. The molecule has 2 heterocycles. The third-order valence-corrected chi connectivity index (χ3v) is 3.03. The lowest BCUT2D eigenvalue weighted by Crippen LogP contribution is -2.33. The molecule has 2 aromatic rings. The zero-order valence-corrected chi connectivity index (χ0v) is 11.4. The van der Waals surface area contributed by atoms with Crippen LogP contribution in [0.1, 0.15) is 16.8 Å². The number of nitrogens with zero attached hydrogens (tertiary/aromatic N) is 3. The molecule has 0 unspecified atom stereocenters. The smallest absolute Gasteiger partial charge is 0.220 e. The van der Waals surface area contributed by atoms with E-state index in [4.69, 9.17) is 0 Å². The summed E-state index contributed by atoms with van der Waals surface area (Å²) in [7, 11) is 1.81. The largest absolute Gasteiger partial charge is 0.502 e. The van der Waals surface area contributed by atoms with E-state index in [2.05, 4.69) is 15.5 Å². The van der Waals surface area contributed by atoms with Crippen molar-refractivity contribution < 1.29 is 14.8 Å². The van der Waals surface area contributed by atoms with Crippen LogP contribution in [0.5, 0.6) is 5.75 Å². The van der Waals surface area contributed by atoms with Crippen LogP contribution >= 0.6 is 0 Å². The Hall–Kier alpha value is -2.47. The molecule has 0 aromatic carbocycles. The quantitative estimate of drug-likeness (QED) is 0.438. The molecule has 2 aromatic heterocycles. The molecule has 20 heavy (non-hydrogen) atoms. The van der Waals surface area contributed by atoms with Crippen molar-refractivity contribution in [3.05, 3.63) is 47.4 Å². The number of aryl methyl sites for hydroxylation is 1. The number of pyridine rings is 2. The molecule has 0 spiro atoms. The first-order chi connectivity index (χ1) is 9.63. The molecule has 3 N–H and O–H groups in total. The number of hydrazone groups is 1. The van der Waals surface area contributed by atoms with Gasteiger partial charge in [-0.05, 0) is 12.1 Å². The van der Waals surface area contributed by atoms with E-state index in [9.17, 15) is 10.2 Å². The van der Waals surface area contributed by atoms with E-state index in [1.54, 1.807) is 37.0 Å². The zero-order valence-electron chi connectivity index (χ0n) is 11.4. The molecular weight excluding hydrogens is 256 g/mol. The molecule has 0 bridgehead atoms. The van der Waals surface area contributed by atoms with Crippen LogP contribution in [-0.4, -0.2) is 21.4 Å². The first kappa shape index (κ1) is 14.0. The van der Waals surface area contributed by atoms with Crippen LogP contribution in [0.15, 0.2) is 35.7 Å². The van der Waals surface area contributed by atoms with Crippen LogP contribution in [0, 0.1) is 6.92 Å². The first-order valence-corrected chi connectivity index (χ1v) is 6.15. The van der Waals surface area contributed by atoms with Crippen LogP contribution in [0.2, 0.25) is 0 Å². The summed E-state index contributed by atoms with van der Waals surface area (Å²) in [6.07, 6.45) is 4.89. The molecule has 0 radical (unpaired) electrons. The van der Waals surface area contributed by atoms with E-state index >= 15 is 0 Å². The van der Waals surface area contributed by atoms with Gasteiger partial charge in [0.05, 0.1) is 23.9 Å². The van der Waals surface area contributed by atoms with E-state index in [0.29, 0.717) is 22.6 Å². The lowest BCUT2D eigenvalue weighted by Gasteiger charge is -2.06. The van der Waals surface area contributed by atoms with Gasteiger partial charge in [-0.1, -0.05) is 6.07 Å². The topological polar surface area (TPSA) is 81.6 Å². The minimum atomic E-state index is -0.174. The molecule has 6 nitrogen and oxygen atoms in total. The van der Waals surface area contributed by atoms with Crippen LogP contribution < -0.4 is 9.99 Å². The van der Waals surface area contributed by atoms with Gasteiger partial charge in [-0.2, -0.15) is 5.10 Å². The fourth-order valence-electron chi connectivity index (χ4n) is 1.78. The molecule has 0 saturated carbocycles. The van der Waals surface area contributed by atoms with Crippen molar-refractivity contribution in [2.45, 2.75) is 13.5 Å². The Bertz CT molecular complexity index is 627. The second-order valence-electron chi connectivity index (χ2n) is 4.36. The van der Waals surface area contributed by atoms with Gasteiger partial charge in [0.2, 0.25) is 5.69 Å². The van der Waals surface area contributed by atoms with Crippen molar-refractivity contribution in [2.24, 2.45) is 12.1 Å². The summed E-state index contributed by atoms with van der Waals surface area (Å²) < 4.78 is 1.75. The number of nitrogens with one attached hydrogen (secondary N) is 1. The summed E-state index contributed by atoms with van der Waals surface area (Å²) in [5.74, 6) is 0.706. The van der Waals surface area contributed by atoms with Crippen molar-refractivity contribution in [2.75, 3.05) is 5.43 Å². The molecule has 0 aliphatic heterocycles. The fourth-order valence-corrected chi connectivity index (χ4v) is 1.78. The minimum Gasteiger partial charge on any atom is -0.502 e. The Balaban J connectivity index is 2.27. The fraction of sp³-hybridized carbons (Fsp3) is 0.214. The van der Waals surface area contributed by atoms with Gasteiger partial charge < -0.3 is 10.2 Å². The SMILES string of the molecule is Cc1c(O)c(C=NNc2ccccn2)c(CO)c[n+]1C. The Morgan fingerprint density at radius 2 is 2.25 bits per heavy atom.